The maximum Gasteiger partial charge on any atom is 0.326 e. The smallest absolute Gasteiger partial charge is 0.326 e. The minimum absolute atomic E-state index is 0.0764. The molecule has 1 heterocycles. The van der Waals surface area contributed by atoms with Crippen molar-refractivity contribution in [1.82, 2.24) is 9.88 Å². The molecule has 0 aliphatic heterocycles. The number of aliphatic hydroxyl groups excluding tert-OH is 1. The van der Waals surface area contributed by atoms with Gasteiger partial charge in [0.25, 0.3) is 5.91 Å². The highest BCUT2D eigenvalue weighted by molar-refractivity contribution is 6.41. The molecule has 0 aliphatic carbocycles. The Balaban J connectivity index is 2.87. The van der Waals surface area contributed by atoms with E-state index in [0.717, 1.165) is 0 Å². The molecule has 1 aromatic rings. The van der Waals surface area contributed by atoms with Gasteiger partial charge in [-0.2, -0.15) is 0 Å². The van der Waals surface area contributed by atoms with E-state index < -0.39 is 17.9 Å². The summed E-state index contributed by atoms with van der Waals surface area (Å²) in [6, 6.07) is 0.187. The summed E-state index contributed by atoms with van der Waals surface area (Å²) in [5.41, 5.74) is 0.147. The number of nitrogens with one attached hydrogen (secondary N) is 1. The third-order valence-electron chi connectivity index (χ3n) is 2.37. The van der Waals surface area contributed by atoms with Crippen LogP contribution in [0.1, 0.15) is 16.9 Å². The van der Waals surface area contributed by atoms with Gasteiger partial charge in [0.15, 0.2) is 0 Å². The number of carboxylic acid groups (broad SMARTS) is 1. The van der Waals surface area contributed by atoms with Crippen LogP contribution in [0.15, 0.2) is 6.07 Å². The molecule has 0 bridgehead atoms. The molecule has 1 atom stereocenters. The molecule has 0 unspecified atom stereocenters. The number of amides is 1. The van der Waals surface area contributed by atoms with Crippen molar-refractivity contribution in [2.45, 2.75) is 12.5 Å². The van der Waals surface area contributed by atoms with Crippen LogP contribution < -0.4 is 5.32 Å². The Bertz CT molecular complexity index is 473. The number of carbonyl (C=O) groups excluding carboxylic acids is 1. The molecule has 8 heteroatoms. The first-order chi connectivity index (χ1) is 8.38. The average molecular weight is 295 g/mol. The van der Waals surface area contributed by atoms with Gasteiger partial charge in [-0.25, -0.2) is 4.79 Å². The summed E-state index contributed by atoms with van der Waals surface area (Å²) in [6.07, 6.45) is -0.0764. The highest BCUT2D eigenvalue weighted by atomic mass is 35.5. The molecule has 18 heavy (non-hydrogen) atoms. The second kappa shape index (κ2) is 6.08. The molecule has 0 aliphatic rings. The maximum absolute atomic E-state index is 11.8. The fourth-order valence-electron chi connectivity index (χ4n) is 1.38. The molecule has 0 saturated carbocycles. The summed E-state index contributed by atoms with van der Waals surface area (Å²) in [5.74, 6) is -1.84. The maximum atomic E-state index is 11.8. The zero-order chi connectivity index (χ0) is 13.9. The van der Waals surface area contributed by atoms with Crippen molar-refractivity contribution in [1.29, 1.82) is 0 Å². The molecule has 0 saturated heterocycles. The van der Waals surface area contributed by atoms with Gasteiger partial charge in [-0.15, -0.1) is 0 Å². The van der Waals surface area contributed by atoms with Crippen LogP contribution in [0.2, 0.25) is 10.2 Å². The zero-order valence-electron chi connectivity index (χ0n) is 9.48. The molecular formula is C10H12Cl2N2O4. The second-order valence-electron chi connectivity index (χ2n) is 3.60. The van der Waals surface area contributed by atoms with Crippen LogP contribution in [-0.4, -0.2) is 39.3 Å². The van der Waals surface area contributed by atoms with Crippen LogP contribution in [0.25, 0.3) is 0 Å². The van der Waals surface area contributed by atoms with Crippen LogP contribution >= 0.6 is 23.2 Å². The molecule has 0 aromatic carbocycles. The summed E-state index contributed by atoms with van der Waals surface area (Å²) >= 11 is 11.5. The Morgan fingerprint density at radius 1 is 1.50 bits per heavy atom. The summed E-state index contributed by atoms with van der Waals surface area (Å²) in [5, 5.41) is 20.2. The standard InChI is InChI=1S/C10H12Cl2N2O4/c1-14-7(4-5(11)8(14)12)9(16)13-6(2-3-15)10(17)18/h4,6,15H,2-3H2,1H3,(H,13,16)(H,17,18)/t6-/m1/s1. The summed E-state index contributed by atoms with van der Waals surface area (Å²) < 4.78 is 1.34. The van der Waals surface area contributed by atoms with Crippen LogP contribution in [-0.2, 0) is 11.8 Å². The lowest BCUT2D eigenvalue weighted by Crippen LogP contribution is -2.41. The van der Waals surface area contributed by atoms with Gasteiger partial charge in [0.2, 0.25) is 0 Å². The number of halogens is 2. The van der Waals surface area contributed by atoms with E-state index in [-0.39, 0.29) is 28.9 Å². The van der Waals surface area contributed by atoms with Gasteiger partial charge in [-0.3, -0.25) is 4.79 Å². The molecule has 6 nitrogen and oxygen atoms in total. The van der Waals surface area contributed by atoms with Crippen molar-refractivity contribution in [2.75, 3.05) is 6.61 Å². The largest absolute Gasteiger partial charge is 0.480 e. The Hall–Kier alpha value is -1.24. The molecule has 1 rings (SSSR count). The topological polar surface area (TPSA) is 91.6 Å². The lowest BCUT2D eigenvalue weighted by atomic mass is 10.2. The number of aliphatic hydroxyl groups is 1. The van der Waals surface area contributed by atoms with Gasteiger partial charge in [-0.05, 0) is 6.07 Å². The SMILES string of the molecule is Cn1c(C(=O)N[C@H](CCO)C(=O)O)cc(Cl)c1Cl. The van der Waals surface area contributed by atoms with Crippen molar-refractivity contribution >= 4 is 35.1 Å². The Kier molecular flexibility index (Phi) is 5.01. The molecule has 0 spiro atoms. The van der Waals surface area contributed by atoms with Crippen molar-refractivity contribution in [3.8, 4) is 0 Å². The van der Waals surface area contributed by atoms with Gasteiger partial charge < -0.3 is 20.1 Å². The van der Waals surface area contributed by atoms with Crippen LogP contribution in [0, 0.1) is 0 Å². The van der Waals surface area contributed by atoms with Crippen molar-refractivity contribution in [3.63, 3.8) is 0 Å². The van der Waals surface area contributed by atoms with Gasteiger partial charge in [0, 0.05) is 20.1 Å². The van der Waals surface area contributed by atoms with Gasteiger partial charge in [0.1, 0.15) is 16.9 Å². The van der Waals surface area contributed by atoms with E-state index in [1.165, 1.54) is 17.7 Å². The predicted molar refractivity (Wildman–Crippen MR) is 66.0 cm³/mol. The first kappa shape index (κ1) is 14.8. The molecule has 0 fully saturated rings. The fraction of sp³-hybridized carbons (Fsp3) is 0.400. The quantitative estimate of drug-likeness (QED) is 0.752. The summed E-state index contributed by atoms with van der Waals surface area (Å²) in [7, 11) is 1.53. The van der Waals surface area contributed by atoms with Crippen LogP contribution in [0.5, 0.6) is 0 Å². The van der Waals surface area contributed by atoms with Crippen LogP contribution in [0.4, 0.5) is 0 Å². The minimum Gasteiger partial charge on any atom is -0.480 e. The number of rotatable bonds is 5. The van der Waals surface area contributed by atoms with E-state index >= 15 is 0 Å². The summed E-state index contributed by atoms with van der Waals surface area (Å²) in [6.45, 7) is -0.341. The van der Waals surface area contributed by atoms with E-state index in [2.05, 4.69) is 5.32 Å². The van der Waals surface area contributed by atoms with Crippen molar-refractivity contribution < 1.29 is 19.8 Å². The Morgan fingerprint density at radius 3 is 2.50 bits per heavy atom. The average Bonchev–Trinajstić information content (AvgIpc) is 2.56. The van der Waals surface area contributed by atoms with Gasteiger partial charge in [-0.1, -0.05) is 23.2 Å². The molecular weight excluding hydrogens is 283 g/mol. The van der Waals surface area contributed by atoms with Gasteiger partial charge in [0.05, 0.1) is 5.02 Å². The van der Waals surface area contributed by atoms with E-state index in [1.807, 2.05) is 0 Å². The number of carbonyl (C=O) groups is 2. The lowest BCUT2D eigenvalue weighted by Gasteiger charge is -2.13. The fourth-order valence-corrected chi connectivity index (χ4v) is 1.75. The van der Waals surface area contributed by atoms with Crippen molar-refractivity contribution in [2.24, 2.45) is 7.05 Å². The number of aliphatic carboxylic acids is 1. The van der Waals surface area contributed by atoms with Gasteiger partial charge >= 0.3 is 5.97 Å². The number of hydrogen-bond acceptors (Lipinski definition) is 3. The minimum atomic E-state index is -1.22. The monoisotopic (exact) mass is 294 g/mol. The third kappa shape index (κ3) is 3.16. The third-order valence-corrected chi connectivity index (χ3v) is 3.21. The molecule has 100 valence electrons. The lowest BCUT2D eigenvalue weighted by molar-refractivity contribution is -0.139. The Morgan fingerprint density at radius 2 is 2.11 bits per heavy atom. The Labute approximate surface area is 113 Å². The normalized spacial score (nSPS) is 12.2. The highest BCUT2D eigenvalue weighted by Crippen LogP contribution is 2.25. The number of hydrogen-bond donors (Lipinski definition) is 3. The first-order valence-corrected chi connectivity index (χ1v) is 5.79. The second-order valence-corrected chi connectivity index (χ2v) is 4.37. The van der Waals surface area contributed by atoms with Crippen molar-refractivity contribution in [3.05, 3.63) is 21.9 Å². The van der Waals surface area contributed by atoms with E-state index in [9.17, 15) is 9.59 Å². The molecule has 0 radical (unpaired) electrons. The number of aromatic nitrogens is 1. The molecule has 1 amide bonds. The first-order valence-electron chi connectivity index (χ1n) is 5.03. The van der Waals surface area contributed by atoms with Crippen LogP contribution in [0.3, 0.4) is 0 Å². The zero-order valence-corrected chi connectivity index (χ0v) is 11.0. The summed E-state index contributed by atoms with van der Waals surface area (Å²) in [4.78, 5) is 22.7. The number of nitrogens with zero attached hydrogens (tertiary/aromatic N) is 1. The highest BCUT2D eigenvalue weighted by Gasteiger charge is 2.22. The van der Waals surface area contributed by atoms with E-state index in [4.69, 9.17) is 33.4 Å². The van der Waals surface area contributed by atoms with E-state index in [1.54, 1.807) is 0 Å². The number of carboxylic acids is 1. The van der Waals surface area contributed by atoms with E-state index in [0.29, 0.717) is 0 Å². The molecule has 3 N–H and O–H groups in total. The predicted octanol–water partition coefficient (Wildman–Crippen LogP) is 0.897. The molecule has 1 aromatic heterocycles.